The van der Waals surface area contributed by atoms with Crippen LogP contribution in [0.3, 0.4) is 0 Å². The Morgan fingerprint density at radius 2 is 1.45 bits per heavy atom. The van der Waals surface area contributed by atoms with Crippen LogP contribution in [0, 0.1) is 51.2 Å². The van der Waals surface area contributed by atoms with E-state index in [-0.39, 0.29) is 51.0 Å². The van der Waals surface area contributed by atoms with E-state index < -0.39 is 0 Å². The second-order valence-corrected chi connectivity index (χ2v) is 13.7. The summed E-state index contributed by atoms with van der Waals surface area (Å²) in [6.45, 7) is 17.9. The standard InChI is InChI=1S/C30H46O3/c1-18(2)20-17-22(31)19(3)11-15-29(7)21(26(20)33)9-10-24-28(6)14-13-25(32)27(4,5)23(28)12-16-30(24,29)8/h17-19,21,23-24H,9-16H2,1-8H3/t19-,21+,23-,24+,28-,29+,30+/m0/s1. The minimum atomic E-state index is -0.255. The van der Waals surface area contributed by atoms with E-state index in [1.165, 1.54) is 0 Å². The van der Waals surface area contributed by atoms with Gasteiger partial charge in [0.2, 0.25) is 0 Å². The van der Waals surface area contributed by atoms with Gasteiger partial charge in [-0.05, 0) is 85.0 Å². The van der Waals surface area contributed by atoms with Gasteiger partial charge < -0.3 is 0 Å². The highest BCUT2D eigenvalue weighted by Gasteiger charge is 2.67. The highest BCUT2D eigenvalue weighted by atomic mass is 16.1. The molecule has 0 spiro atoms. The molecule has 7 atom stereocenters. The topological polar surface area (TPSA) is 51.2 Å². The van der Waals surface area contributed by atoms with Crippen molar-refractivity contribution in [3.8, 4) is 0 Å². The number of carbonyl (C=O) groups excluding carboxylic acids is 3. The second-order valence-electron chi connectivity index (χ2n) is 13.7. The van der Waals surface area contributed by atoms with E-state index in [9.17, 15) is 14.4 Å². The molecule has 184 valence electrons. The van der Waals surface area contributed by atoms with Crippen molar-refractivity contribution < 1.29 is 14.4 Å². The molecule has 0 aliphatic heterocycles. The average molecular weight is 455 g/mol. The molecule has 0 heterocycles. The normalized spacial score (nSPS) is 45.8. The molecule has 4 rings (SSSR count). The van der Waals surface area contributed by atoms with Crippen LogP contribution in [0.15, 0.2) is 11.6 Å². The first-order valence-electron chi connectivity index (χ1n) is 13.5. The zero-order chi connectivity index (χ0) is 24.6. The first-order chi connectivity index (χ1) is 15.2. The first kappa shape index (κ1) is 24.9. The molecule has 3 nitrogen and oxygen atoms in total. The highest BCUT2D eigenvalue weighted by molar-refractivity contribution is 6.05. The Morgan fingerprint density at radius 1 is 0.818 bits per heavy atom. The minimum absolute atomic E-state index is 0.0103. The van der Waals surface area contributed by atoms with Crippen molar-refractivity contribution in [3.05, 3.63) is 11.6 Å². The highest BCUT2D eigenvalue weighted by Crippen LogP contribution is 2.72. The van der Waals surface area contributed by atoms with Gasteiger partial charge in [-0.1, -0.05) is 55.4 Å². The third-order valence-electron chi connectivity index (χ3n) is 11.7. The third kappa shape index (κ3) is 3.38. The fourth-order valence-corrected chi connectivity index (χ4v) is 9.29. The van der Waals surface area contributed by atoms with Crippen molar-refractivity contribution in [2.24, 2.45) is 51.2 Å². The van der Waals surface area contributed by atoms with Crippen LogP contribution >= 0.6 is 0 Å². The summed E-state index contributed by atoms with van der Waals surface area (Å²) in [7, 11) is 0. The summed E-state index contributed by atoms with van der Waals surface area (Å²) in [5, 5.41) is 0. The van der Waals surface area contributed by atoms with Crippen molar-refractivity contribution in [3.63, 3.8) is 0 Å². The zero-order valence-corrected chi connectivity index (χ0v) is 22.3. The predicted molar refractivity (Wildman–Crippen MR) is 133 cm³/mol. The number of ketones is 3. The van der Waals surface area contributed by atoms with Gasteiger partial charge in [-0.15, -0.1) is 0 Å². The van der Waals surface area contributed by atoms with E-state index in [2.05, 4.69) is 48.5 Å². The SMILES string of the molecule is CC(C)C1=CC(=O)[C@@H](C)CC[C@]2(C)[C@H](CC[C@@H]3[C@@]4(C)CCC(=O)C(C)(C)[C@@H]4CC[C@]32C)C1=O. The number of hydrogen-bond donors (Lipinski definition) is 0. The van der Waals surface area contributed by atoms with Crippen molar-refractivity contribution >= 4 is 17.3 Å². The van der Waals surface area contributed by atoms with Gasteiger partial charge in [0, 0.05) is 29.2 Å². The fourth-order valence-electron chi connectivity index (χ4n) is 9.29. The van der Waals surface area contributed by atoms with Crippen molar-refractivity contribution in [2.75, 3.05) is 0 Å². The van der Waals surface area contributed by atoms with Crippen molar-refractivity contribution in [1.82, 2.24) is 0 Å². The molecule has 4 aliphatic carbocycles. The molecular weight excluding hydrogens is 408 g/mol. The molecule has 0 aromatic rings. The zero-order valence-electron chi connectivity index (χ0n) is 22.3. The molecule has 0 aromatic heterocycles. The maximum atomic E-state index is 14.0. The predicted octanol–water partition coefficient (Wildman–Crippen LogP) is 6.98. The Balaban J connectivity index is 1.80. The molecule has 3 heteroatoms. The Bertz CT molecular complexity index is 894. The monoisotopic (exact) mass is 454 g/mol. The molecule has 3 fully saturated rings. The summed E-state index contributed by atoms with van der Waals surface area (Å²) in [6.07, 6.45) is 9.30. The lowest BCUT2D eigenvalue weighted by Gasteiger charge is -2.69. The third-order valence-corrected chi connectivity index (χ3v) is 11.7. The maximum Gasteiger partial charge on any atom is 0.162 e. The smallest absolute Gasteiger partial charge is 0.162 e. The molecule has 3 saturated carbocycles. The molecular formula is C30H46O3. The molecule has 0 amide bonds. The average Bonchev–Trinajstić information content (AvgIpc) is 2.76. The van der Waals surface area contributed by atoms with Crippen LogP contribution in [0.4, 0.5) is 0 Å². The Labute approximate surface area is 201 Å². The summed E-state index contributed by atoms with van der Waals surface area (Å²) in [6, 6.07) is 0. The van der Waals surface area contributed by atoms with Gasteiger partial charge in [0.05, 0.1) is 0 Å². The van der Waals surface area contributed by atoms with Crippen molar-refractivity contribution in [1.29, 1.82) is 0 Å². The number of fused-ring (bicyclic) bond motifs is 5. The number of allylic oxidation sites excluding steroid dienone is 2. The summed E-state index contributed by atoms with van der Waals surface area (Å²) >= 11 is 0. The van der Waals surface area contributed by atoms with Crippen molar-refractivity contribution in [2.45, 2.75) is 107 Å². The summed E-state index contributed by atoms with van der Waals surface area (Å²) < 4.78 is 0. The van der Waals surface area contributed by atoms with E-state index in [0.717, 1.165) is 50.5 Å². The molecule has 0 radical (unpaired) electrons. The van der Waals surface area contributed by atoms with Gasteiger partial charge in [0.15, 0.2) is 11.6 Å². The van der Waals surface area contributed by atoms with Crippen LogP contribution in [0.5, 0.6) is 0 Å². The quantitative estimate of drug-likeness (QED) is 0.429. The second kappa shape index (κ2) is 7.89. The summed E-state index contributed by atoms with van der Waals surface area (Å²) in [5.41, 5.74) is 0.547. The molecule has 0 saturated heterocycles. The van der Waals surface area contributed by atoms with Gasteiger partial charge in [-0.3, -0.25) is 14.4 Å². The number of Topliss-reactive ketones (excluding diaryl/α,β-unsaturated/α-hetero) is 2. The van der Waals surface area contributed by atoms with Crippen LogP contribution in [-0.2, 0) is 14.4 Å². The lowest BCUT2D eigenvalue weighted by atomic mass is 9.34. The lowest BCUT2D eigenvalue weighted by molar-refractivity contribution is -0.207. The molecule has 0 aromatic carbocycles. The van der Waals surface area contributed by atoms with Gasteiger partial charge in [0.1, 0.15) is 5.78 Å². The van der Waals surface area contributed by atoms with Gasteiger partial charge in [-0.2, -0.15) is 0 Å². The van der Waals surface area contributed by atoms with Crippen LogP contribution in [0.1, 0.15) is 107 Å². The maximum absolute atomic E-state index is 14.0. The van der Waals surface area contributed by atoms with E-state index >= 15 is 0 Å². The molecule has 33 heavy (non-hydrogen) atoms. The summed E-state index contributed by atoms with van der Waals surface area (Å²) in [4.78, 5) is 39.9. The van der Waals surface area contributed by atoms with Crippen LogP contribution in [0.2, 0.25) is 0 Å². The van der Waals surface area contributed by atoms with E-state index in [1.54, 1.807) is 6.08 Å². The molecule has 0 unspecified atom stereocenters. The largest absolute Gasteiger partial charge is 0.299 e. The van der Waals surface area contributed by atoms with Gasteiger partial charge >= 0.3 is 0 Å². The van der Waals surface area contributed by atoms with Crippen LogP contribution in [-0.4, -0.2) is 17.3 Å². The molecule has 0 N–H and O–H groups in total. The summed E-state index contributed by atoms with van der Waals surface area (Å²) in [5.74, 6) is 1.75. The minimum Gasteiger partial charge on any atom is -0.299 e. The molecule has 4 aliphatic rings. The molecule has 0 bridgehead atoms. The number of carbonyl (C=O) groups is 3. The van der Waals surface area contributed by atoms with Gasteiger partial charge in [-0.25, -0.2) is 0 Å². The lowest BCUT2D eigenvalue weighted by Crippen LogP contribution is -2.64. The van der Waals surface area contributed by atoms with Gasteiger partial charge in [0.25, 0.3) is 0 Å². The number of hydrogen-bond acceptors (Lipinski definition) is 3. The van der Waals surface area contributed by atoms with E-state index in [0.29, 0.717) is 24.0 Å². The van der Waals surface area contributed by atoms with E-state index in [4.69, 9.17) is 0 Å². The number of rotatable bonds is 1. The first-order valence-corrected chi connectivity index (χ1v) is 13.5. The Hall–Kier alpha value is -1.25. The Morgan fingerprint density at radius 3 is 2.09 bits per heavy atom. The van der Waals surface area contributed by atoms with E-state index in [1.807, 2.05) is 6.92 Å². The van der Waals surface area contributed by atoms with Crippen LogP contribution in [0.25, 0.3) is 0 Å². The fraction of sp³-hybridized carbons (Fsp3) is 0.833. The Kier molecular flexibility index (Phi) is 5.94. The van der Waals surface area contributed by atoms with Crippen LogP contribution < -0.4 is 0 Å².